The molecule has 1 aromatic carbocycles. The van der Waals surface area contributed by atoms with E-state index < -0.39 is 0 Å². The van der Waals surface area contributed by atoms with Crippen LogP contribution in [0.4, 0.5) is 0 Å². The maximum Gasteiger partial charge on any atom is 0.200 e. The van der Waals surface area contributed by atoms with Gasteiger partial charge in [0.2, 0.25) is 0 Å². The van der Waals surface area contributed by atoms with Crippen LogP contribution in [0.2, 0.25) is 0 Å². The average molecular weight is 314 g/mol. The highest BCUT2D eigenvalue weighted by Crippen LogP contribution is 2.34. The summed E-state index contributed by atoms with van der Waals surface area (Å²) in [5, 5.41) is 9.20. The van der Waals surface area contributed by atoms with Crippen molar-refractivity contribution in [1.29, 1.82) is 0 Å². The molecule has 3 heterocycles. The van der Waals surface area contributed by atoms with Crippen molar-refractivity contribution in [3.8, 4) is 11.6 Å². The van der Waals surface area contributed by atoms with Crippen LogP contribution < -0.4 is 0 Å². The Labute approximate surface area is 128 Å². The van der Waals surface area contributed by atoms with Crippen LogP contribution in [0.25, 0.3) is 21.8 Å². The van der Waals surface area contributed by atoms with E-state index >= 15 is 0 Å². The molecule has 0 saturated heterocycles. The van der Waals surface area contributed by atoms with Gasteiger partial charge in [-0.15, -0.1) is 21.5 Å². The second-order valence-electron chi connectivity index (χ2n) is 4.39. The molecular formula is C14H10N4OS2. The highest BCUT2D eigenvalue weighted by molar-refractivity contribution is 8.01. The predicted octanol–water partition coefficient (Wildman–Crippen LogP) is 3.84. The van der Waals surface area contributed by atoms with E-state index in [-0.39, 0.29) is 0 Å². The highest BCUT2D eigenvalue weighted by atomic mass is 32.2. The molecule has 0 spiro atoms. The zero-order chi connectivity index (χ0) is 14.2. The Balaban J connectivity index is 1.68. The van der Waals surface area contributed by atoms with Crippen molar-refractivity contribution in [2.24, 2.45) is 7.05 Å². The molecule has 0 atom stereocenters. The van der Waals surface area contributed by atoms with Gasteiger partial charge in [0.05, 0.1) is 16.5 Å². The van der Waals surface area contributed by atoms with Crippen LogP contribution in [-0.4, -0.2) is 19.7 Å². The monoisotopic (exact) mass is 314 g/mol. The van der Waals surface area contributed by atoms with E-state index in [9.17, 15) is 0 Å². The van der Waals surface area contributed by atoms with Crippen molar-refractivity contribution in [3.63, 3.8) is 0 Å². The third-order valence-corrected chi connectivity index (χ3v) is 5.16. The first-order valence-electron chi connectivity index (χ1n) is 6.28. The molecule has 4 rings (SSSR count). The number of para-hydroxylation sites is 1. The van der Waals surface area contributed by atoms with E-state index in [0.29, 0.717) is 11.6 Å². The molecule has 21 heavy (non-hydrogen) atoms. The number of aromatic nitrogens is 4. The average Bonchev–Trinajstić information content (AvgIpc) is 3.19. The number of hydrogen-bond acceptors (Lipinski definition) is 6. The molecule has 0 aliphatic heterocycles. The van der Waals surface area contributed by atoms with Gasteiger partial charge in [-0.25, -0.2) is 4.98 Å². The molecular weight excluding hydrogens is 304 g/mol. The zero-order valence-corrected chi connectivity index (χ0v) is 12.7. The minimum Gasteiger partial charge on any atom is -0.461 e. The first kappa shape index (κ1) is 12.6. The van der Waals surface area contributed by atoms with E-state index in [1.54, 1.807) is 17.6 Å². The number of furan rings is 1. The SMILES string of the molecule is Cn1c(Sc2nc3ccccc3s2)nnc1-c1ccco1. The Morgan fingerprint density at radius 2 is 2.05 bits per heavy atom. The molecule has 104 valence electrons. The molecule has 0 radical (unpaired) electrons. The summed E-state index contributed by atoms with van der Waals surface area (Å²) in [6, 6.07) is 11.8. The maximum atomic E-state index is 5.37. The fourth-order valence-corrected chi connectivity index (χ4v) is 3.96. The predicted molar refractivity (Wildman–Crippen MR) is 82.4 cm³/mol. The lowest BCUT2D eigenvalue weighted by atomic mass is 10.3. The Morgan fingerprint density at radius 3 is 2.86 bits per heavy atom. The van der Waals surface area contributed by atoms with Crippen LogP contribution in [0.5, 0.6) is 0 Å². The number of hydrogen-bond donors (Lipinski definition) is 0. The van der Waals surface area contributed by atoms with Gasteiger partial charge in [-0.3, -0.25) is 0 Å². The lowest BCUT2D eigenvalue weighted by Gasteiger charge is -1.99. The Hall–Kier alpha value is -2.12. The van der Waals surface area contributed by atoms with Gasteiger partial charge >= 0.3 is 0 Å². The summed E-state index contributed by atoms with van der Waals surface area (Å²) in [5.74, 6) is 1.42. The number of thiazole rings is 1. The van der Waals surface area contributed by atoms with Gasteiger partial charge in [0.1, 0.15) is 0 Å². The van der Waals surface area contributed by atoms with E-state index in [1.165, 1.54) is 16.5 Å². The molecule has 0 saturated carbocycles. The van der Waals surface area contributed by atoms with Crippen molar-refractivity contribution in [2.45, 2.75) is 9.50 Å². The van der Waals surface area contributed by atoms with Crippen LogP contribution in [0.1, 0.15) is 0 Å². The lowest BCUT2D eigenvalue weighted by Crippen LogP contribution is -1.93. The quantitative estimate of drug-likeness (QED) is 0.575. The fourth-order valence-electron chi connectivity index (χ4n) is 2.00. The molecule has 0 N–H and O–H groups in total. The smallest absolute Gasteiger partial charge is 0.200 e. The first-order valence-corrected chi connectivity index (χ1v) is 7.91. The van der Waals surface area contributed by atoms with Crippen LogP contribution in [0, 0.1) is 0 Å². The van der Waals surface area contributed by atoms with Crippen molar-refractivity contribution in [2.75, 3.05) is 0 Å². The molecule has 7 heteroatoms. The third-order valence-electron chi connectivity index (χ3n) is 3.03. The van der Waals surface area contributed by atoms with Crippen molar-refractivity contribution in [3.05, 3.63) is 42.7 Å². The molecule has 3 aromatic heterocycles. The van der Waals surface area contributed by atoms with Gasteiger partial charge in [-0.05, 0) is 36.0 Å². The standard InChI is InChI=1S/C14H10N4OS2/c1-18-12(10-6-4-8-19-10)16-17-13(18)21-14-15-9-5-2-3-7-11(9)20-14/h2-8H,1H3. The van der Waals surface area contributed by atoms with Crippen LogP contribution >= 0.6 is 23.1 Å². The summed E-state index contributed by atoms with van der Waals surface area (Å²) in [5.41, 5.74) is 1.01. The third kappa shape index (κ3) is 2.24. The molecule has 5 nitrogen and oxygen atoms in total. The number of rotatable bonds is 3. The fraction of sp³-hybridized carbons (Fsp3) is 0.0714. The Bertz CT molecular complexity index is 862. The number of fused-ring (bicyclic) bond motifs is 1. The van der Waals surface area contributed by atoms with Crippen LogP contribution in [0.15, 0.2) is 56.6 Å². The largest absolute Gasteiger partial charge is 0.461 e. The lowest BCUT2D eigenvalue weighted by molar-refractivity contribution is 0.572. The van der Waals surface area contributed by atoms with Gasteiger partial charge in [0.25, 0.3) is 0 Å². The minimum atomic E-state index is 0.709. The highest BCUT2D eigenvalue weighted by Gasteiger charge is 2.15. The Morgan fingerprint density at radius 1 is 1.14 bits per heavy atom. The summed E-state index contributed by atoms with van der Waals surface area (Å²) >= 11 is 3.17. The molecule has 4 aromatic rings. The normalized spacial score (nSPS) is 11.3. The van der Waals surface area contributed by atoms with Gasteiger partial charge in [-0.2, -0.15) is 0 Å². The van der Waals surface area contributed by atoms with E-state index in [1.807, 2.05) is 41.9 Å². The van der Waals surface area contributed by atoms with Crippen LogP contribution in [0.3, 0.4) is 0 Å². The van der Waals surface area contributed by atoms with Crippen molar-refractivity contribution in [1.82, 2.24) is 19.7 Å². The second-order valence-corrected chi connectivity index (χ2v) is 6.64. The van der Waals surface area contributed by atoms with Gasteiger partial charge in [-0.1, -0.05) is 12.1 Å². The molecule has 0 unspecified atom stereocenters. The summed E-state index contributed by atoms with van der Waals surface area (Å²) in [6.45, 7) is 0. The number of benzene rings is 1. The summed E-state index contributed by atoms with van der Waals surface area (Å²) in [6.07, 6.45) is 1.63. The van der Waals surface area contributed by atoms with E-state index in [0.717, 1.165) is 15.0 Å². The van der Waals surface area contributed by atoms with E-state index in [4.69, 9.17) is 4.42 Å². The first-order chi connectivity index (χ1) is 10.3. The van der Waals surface area contributed by atoms with Crippen LogP contribution in [-0.2, 0) is 7.05 Å². The van der Waals surface area contributed by atoms with Gasteiger partial charge < -0.3 is 8.98 Å². The van der Waals surface area contributed by atoms with E-state index in [2.05, 4.69) is 21.2 Å². The van der Waals surface area contributed by atoms with Gasteiger partial charge in [0, 0.05) is 7.05 Å². The summed E-state index contributed by atoms with van der Waals surface area (Å²) in [7, 11) is 1.92. The summed E-state index contributed by atoms with van der Waals surface area (Å²) in [4.78, 5) is 4.60. The maximum absolute atomic E-state index is 5.37. The molecule has 0 aliphatic carbocycles. The number of nitrogens with zero attached hydrogens (tertiary/aromatic N) is 4. The molecule has 0 amide bonds. The molecule has 0 fully saturated rings. The Kier molecular flexibility index (Phi) is 3.01. The second kappa shape index (κ2) is 5.01. The summed E-state index contributed by atoms with van der Waals surface area (Å²) < 4.78 is 9.41. The minimum absolute atomic E-state index is 0.709. The van der Waals surface area contributed by atoms with Crippen molar-refractivity contribution < 1.29 is 4.42 Å². The molecule has 0 aliphatic rings. The zero-order valence-electron chi connectivity index (χ0n) is 11.1. The van der Waals surface area contributed by atoms with Gasteiger partial charge in [0.15, 0.2) is 21.1 Å². The van der Waals surface area contributed by atoms with Crippen molar-refractivity contribution >= 4 is 33.3 Å². The topological polar surface area (TPSA) is 56.7 Å². The molecule has 0 bridgehead atoms.